The van der Waals surface area contributed by atoms with E-state index in [1.807, 2.05) is 29.0 Å². The molecule has 428 valence electrons. The Balaban J connectivity index is 0.000000432. The van der Waals surface area contributed by atoms with Crippen LogP contribution < -0.4 is 11.1 Å². The lowest BCUT2D eigenvalue weighted by atomic mass is 9.93. The van der Waals surface area contributed by atoms with Gasteiger partial charge < -0.3 is 16.2 Å². The van der Waals surface area contributed by atoms with E-state index in [0.29, 0.717) is 22.2 Å². The van der Waals surface area contributed by atoms with Gasteiger partial charge in [-0.25, -0.2) is 4.79 Å². The molecule has 4 rings (SSSR count). The number of nitrogens with one attached hydrogen (secondary N) is 1. The van der Waals surface area contributed by atoms with Crippen molar-refractivity contribution in [3.05, 3.63) is 44.8 Å². The molecule has 0 aliphatic rings. The molecule has 75 heavy (non-hydrogen) atoms. The maximum atomic E-state index is 12.7. The number of Topliss-reactive ketones (excluding diaryl/α,β-unsaturated/α-hetero) is 2. The number of fused-ring (bicyclic) bond motifs is 2. The summed E-state index contributed by atoms with van der Waals surface area (Å²) in [5, 5.41) is 15.4. The predicted molar refractivity (Wildman–Crippen MR) is 332 cm³/mol. The number of carboxylic acids is 1. The van der Waals surface area contributed by atoms with Crippen LogP contribution in [0.5, 0.6) is 0 Å². The van der Waals surface area contributed by atoms with Gasteiger partial charge in [-0.1, -0.05) is 259 Å². The zero-order valence-electron chi connectivity index (χ0n) is 48.1. The topological polar surface area (TPSA) is 127 Å². The number of nitrogens with two attached hydrogens (primary N) is 1. The van der Waals surface area contributed by atoms with Crippen LogP contribution in [-0.4, -0.2) is 41.6 Å². The van der Waals surface area contributed by atoms with Crippen molar-refractivity contribution in [2.45, 2.75) is 285 Å². The van der Waals surface area contributed by atoms with Crippen molar-refractivity contribution in [2.75, 3.05) is 13.1 Å². The van der Waals surface area contributed by atoms with E-state index >= 15 is 0 Å². The van der Waals surface area contributed by atoms with Gasteiger partial charge in [-0.3, -0.25) is 14.4 Å². The molecular weight excluding hydrogens is 1000 g/mol. The van der Waals surface area contributed by atoms with Gasteiger partial charge in [0.05, 0.1) is 9.75 Å². The molecule has 4 aromatic rings. The minimum Gasteiger partial charge on any atom is -0.475 e. The highest BCUT2D eigenvalue weighted by molar-refractivity contribution is 7.28. The van der Waals surface area contributed by atoms with Crippen molar-refractivity contribution >= 4 is 87.6 Å². The predicted octanol–water partition coefficient (Wildman–Crippen LogP) is 21.4. The van der Waals surface area contributed by atoms with Gasteiger partial charge in [-0.2, -0.15) is 0 Å². The van der Waals surface area contributed by atoms with E-state index in [0.717, 1.165) is 44.1 Å². The quantitative estimate of drug-likeness (QED) is 0.0230. The lowest BCUT2D eigenvalue weighted by Gasteiger charge is -2.17. The zero-order valence-corrected chi connectivity index (χ0v) is 51.4. The zero-order chi connectivity index (χ0) is 54.4. The Morgan fingerprint density at radius 3 is 1.01 bits per heavy atom. The Hall–Kier alpha value is -2.44. The Morgan fingerprint density at radius 2 is 0.720 bits per heavy atom. The fourth-order valence-electron chi connectivity index (χ4n) is 9.99. The molecular formula is C64H108N2O5S4. The van der Waals surface area contributed by atoms with Gasteiger partial charge in [-0.05, 0) is 79.1 Å². The molecule has 2 unspecified atom stereocenters. The Kier molecular flexibility index (Phi) is 43.5. The summed E-state index contributed by atoms with van der Waals surface area (Å²) in [6.07, 6.45) is 55.0. The number of carbonyl (C=O) groups is 4. The van der Waals surface area contributed by atoms with Gasteiger partial charge in [-0.15, -0.1) is 45.3 Å². The summed E-state index contributed by atoms with van der Waals surface area (Å²) in [5.41, 5.74) is 5.99. The van der Waals surface area contributed by atoms with Crippen LogP contribution in [0.3, 0.4) is 0 Å². The number of unbranched alkanes of at least 4 members (excludes halogenated alkanes) is 32. The van der Waals surface area contributed by atoms with Crippen molar-refractivity contribution < 1.29 is 24.3 Å². The Bertz CT molecular complexity index is 1920. The molecule has 11 heteroatoms. The summed E-state index contributed by atoms with van der Waals surface area (Å²) in [6, 6.07) is 7.39. The molecule has 0 radical (unpaired) electrons. The van der Waals surface area contributed by atoms with Crippen LogP contribution in [-0.2, 0) is 9.59 Å². The van der Waals surface area contributed by atoms with Crippen LogP contribution in [0.15, 0.2) is 35.0 Å². The fraction of sp³-hybridized carbons (Fsp3) is 0.750. The van der Waals surface area contributed by atoms with Gasteiger partial charge in [0.15, 0.2) is 0 Å². The number of thiophene rings is 4. The van der Waals surface area contributed by atoms with E-state index < -0.39 is 17.7 Å². The third kappa shape index (κ3) is 34.2. The van der Waals surface area contributed by atoms with Gasteiger partial charge in [0.1, 0.15) is 0 Å². The summed E-state index contributed by atoms with van der Waals surface area (Å²) >= 11 is 5.77. The molecule has 0 aliphatic carbocycles. The molecule has 7 nitrogen and oxygen atoms in total. The summed E-state index contributed by atoms with van der Waals surface area (Å²) in [4.78, 5) is 47.6. The van der Waals surface area contributed by atoms with Gasteiger partial charge in [0, 0.05) is 25.3 Å². The normalized spacial score (nSPS) is 12.1. The first-order valence-electron chi connectivity index (χ1n) is 30.9. The average molecular weight is 1110 g/mol. The van der Waals surface area contributed by atoms with Gasteiger partial charge >= 0.3 is 5.97 Å². The molecule has 0 spiro atoms. The smallest absolute Gasteiger partial charge is 0.378 e. The first-order valence-corrected chi connectivity index (χ1v) is 34.3. The maximum absolute atomic E-state index is 12.7. The van der Waals surface area contributed by atoms with Crippen molar-refractivity contribution in [1.82, 2.24) is 5.32 Å². The Labute approximate surface area is 474 Å². The van der Waals surface area contributed by atoms with Crippen molar-refractivity contribution in [2.24, 2.45) is 17.6 Å². The van der Waals surface area contributed by atoms with Crippen LogP contribution >= 0.6 is 45.3 Å². The number of rotatable bonds is 47. The number of carboxylic acid groups (broad SMARTS) is 1. The summed E-state index contributed by atoms with van der Waals surface area (Å²) < 4.78 is 4.12. The minimum atomic E-state index is -1.39. The number of amides is 1. The SMILES string of the molecule is CCCCCCCCCCCCC(CCCCCCCCCC)CNC(=O)C(=O)c1cc2sccc2s1.CCCCCCCCCCCCC(CN)CCCCCCCCCC.O=C(O)C(=O)c1cc2sccc2s1. The molecule has 2 atom stereocenters. The highest BCUT2D eigenvalue weighted by atomic mass is 32.1. The largest absolute Gasteiger partial charge is 0.475 e. The lowest BCUT2D eigenvalue weighted by Crippen LogP contribution is -2.34. The lowest BCUT2D eigenvalue weighted by molar-refractivity contribution is -0.131. The third-order valence-corrected chi connectivity index (χ3v) is 19.1. The number of aliphatic carboxylic acids is 1. The third-order valence-electron chi connectivity index (χ3n) is 14.9. The van der Waals surface area contributed by atoms with E-state index in [1.54, 1.807) is 17.4 Å². The molecule has 4 heterocycles. The number of hydrogen-bond acceptors (Lipinski definition) is 9. The van der Waals surface area contributed by atoms with E-state index in [4.69, 9.17) is 10.8 Å². The molecule has 0 aromatic carbocycles. The molecule has 4 N–H and O–H groups in total. The van der Waals surface area contributed by atoms with Crippen LogP contribution in [0.2, 0.25) is 0 Å². The molecule has 0 saturated carbocycles. The minimum absolute atomic E-state index is 0.300. The van der Waals surface area contributed by atoms with Gasteiger partial charge in [0.25, 0.3) is 17.5 Å². The highest BCUT2D eigenvalue weighted by Gasteiger charge is 2.21. The molecule has 0 saturated heterocycles. The second kappa shape index (κ2) is 47.6. The highest BCUT2D eigenvalue weighted by Crippen LogP contribution is 2.31. The van der Waals surface area contributed by atoms with Crippen LogP contribution in [0.25, 0.3) is 18.8 Å². The van der Waals surface area contributed by atoms with Gasteiger partial charge in [0.2, 0.25) is 0 Å². The van der Waals surface area contributed by atoms with Crippen molar-refractivity contribution in [1.29, 1.82) is 0 Å². The fourth-order valence-corrected chi connectivity index (χ4v) is 14.1. The van der Waals surface area contributed by atoms with Crippen molar-refractivity contribution in [3.63, 3.8) is 0 Å². The van der Waals surface area contributed by atoms with Crippen LogP contribution in [0.1, 0.15) is 304 Å². The van der Waals surface area contributed by atoms with Crippen LogP contribution in [0, 0.1) is 11.8 Å². The van der Waals surface area contributed by atoms with E-state index in [1.165, 1.54) is 278 Å². The van der Waals surface area contributed by atoms with Crippen LogP contribution in [0.4, 0.5) is 0 Å². The maximum Gasteiger partial charge on any atom is 0.378 e. The first-order chi connectivity index (χ1) is 36.7. The van der Waals surface area contributed by atoms with E-state index in [9.17, 15) is 19.2 Å². The molecule has 0 fully saturated rings. The van der Waals surface area contributed by atoms with Crippen molar-refractivity contribution in [3.8, 4) is 0 Å². The second-order valence-corrected chi connectivity index (χ2v) is 25.7. The second-order valence-electron chi connectivity index (χ2n) is 21.6. The summed E-state index contributed by atoms with van der Waals surface area (Å²) in [6.45, 7) is 10.7. The standard InChI is InChI=1S/C32H53NO2S2.C24H51N.C8H4O3S2/c1-3-5-7-9-11-13-14-16-18-20-22-27(21-19-17-15-12-10-8-6-4-2)26-33-32(35)31(34)30-25-29-28(37-30)23-24-36-29;1-3-5-7-9-11-13-14-16-18-20-22-24(23-25)21-19-17-15-12-10-8-6-4-2;9-7(8(10)11)6-3-5-4(13-6)1-2-12-5/h23-25,27H,3-22,26H2,1-2H3,(H,33,35);24H,3-23,25H2,1-2H3;1-3H,(H,10,11). The number of hydrogen-bond donors (Lipinski definition) is 3. The Morgan fingerprint density at radius 1 is 0.427 bits per heavy atom. The molecule has 0 bridgehead atoms. The summed E-state index contributed by atoms with van der Waals surface area (Å²) in [5.74, 6) is -1.75. The number of ketones is 2. The number of carbonyl (C=O) groups excluding carboxylic acids is 3. The average Bonchev–Trinajstić information content (AvgIpc) is 4.23. The van der Waals surface area contributed by atoms with E-state index in [-0.39, 0.29) is 5.78 Å². The molecule has 0 aliphatic heterocycles. The first kappa shape index (κ1) is 68.7. The molecule has 1 amide bonds. The van der Waals surface area contributed by atoms with E-state index in [2.05, 4.69) is 33.0 Å². The molecule has 4 aromatic heterocycles. The monoisotopic (exact) mass is 1110 g/mol. The summed E-state index contributed by atoms with van der Waals surface area (Å²) in [7, 11) is 0.